The highest BCUT2D eigenvalue weighted by molar-refractivity contribution is 6.21. The van der Waals surface area contributed by atoms with Gasteiger partial charge >= 0.3 is 0 Å². The molecule has 4 nitrogen and oxygen atoms in total. The topological polar surface area (TPSA) is 49.4 Å². The monoisotopic (exact) mass is 244 g/mol. The second-order valence-corrected chi connectivity index (χ2v) is 5.06. The molecule has 18 heavy (non-hydrogen) atoms. The molecule has 2 aliphatic heterocycles. The average Bonchev–Trinajstić information content (AvgIpc) is 2.63. The fourth-order valence-corrected chi connectivity index (χ4v) is 2.88. The van der Waals surface area contributed by atoms with Gasteiger partial charge in [0.15, 0.2) is 0 Å². The van der Waals surface area contributed by atoms with E-state index in [1.807, 2.05) is 0 Å². The van der Waals surface area contributed by atoms with Crippen LogP contribution in [0, 0.1) is 0 Å². The Morgan fingerprint density at radius 1 is 1.17 bits per heavy atom. The predicted octanol–water partition coefficient (Wildman–Crippen LogP) is 1.42. The summed E-state index contributed by atoms with van der Waals surface area (Å²) < 4.78 is 0. The number of fused-ring (bicyclic) bond motifs is 1. The lowest BCUT2D eigenvalue weighted by molar-refractivity contribution is 0.0542. The van der Waals surface area contributed by atoms with Crippen LogP contribution in [-0.4, -0.2) is 35.3 Å². The maximum absolute atomic E-state index is 12.3. The van der Waals surface area contributed by atoms with Crippen LogP contribution in [-0.2, 0) is 0 Å². The molecule has 0 spiro atoms. The lowest BCUT2D eigenvalue weighted by atomic mass is 9.99. The van der Waals surface area contributed by atoms with E-state index in [9.17, 15) is 9.59 Å². The molecule has 1 saturated heterocycles. The molecular formula is C14H16N2O2. The van der Waals surface area contributed by atoms with Crippen molar-refractivity contribution < 1.29 is 9.59 Å². The average molecular weight is 244 g/mol. The second kappa shape index (κ2) is 4.21. The molecule has 1 aromatic carbocycles. The van der Waals surface area contributed by atoms with Gasteiger partial charge in [0, 0.05) is 12.1 Å². The minimum Gasteiger partial charge on any atom is -0.314 e. The molecule has 0 aromatic heterocycles. The SMILES string of the molecule is C[C@H]1C[C@@H](N2C(=O)c3ccccc3C2=O)CCN1. The van der Waals surface area contributed by atoms with Crippen molar-refractivity contribution >= 4 is 11.8 Å². The van der Waals surface area contributed by atoms with Crippen molar-refractivity contribution in [1.29, 1.82) is 0 Å². The van der Waals surface area contributed by atoms with Gasteiger partial charge in [0.2, 0.25) is 0 Å². The van der Waals surface area contributed by atoms with Gasteiger partial charge in [-0.15, -0.1) is 0 Å². The van der Waals surface area contributed by atoms with Gasteiger partial charge in [0.25, 0.3) is 11.8 Å². The largest absolute Gasteiger partial charge is 0.314 e. The summed E-state index contributed by atoms with van der Waals surface area (Å²) in [4.78, 5) is 26.1. The highest BCUT2D eigenvalue weighted by Gasteiger charge is 2.40. The Labute approximate surface area is 106 Å². The summed E-state index contributed by atoms with van der Waals surface area (Å²) in [5, 5.41) is 3.34. The molecule has 0 radical (unpaired) electrons. The number of rotatable bonds is 1. The fraction of sp³-hybridized carbons (Fsp3) is 0.429. The summed E-state index contributed by atoms with van der Waals surface area (Å²) in [5.41, 5.74) is 1.10. The Hall–Kier alpha value is -1.68. The lowest BCUT2D eigenvalue weighted by Crippen LogP contribution is -2.48. The number of imide groups is 1. The Morgan fingerprint density at radius 3 is 2.33 bits per heavy atom. The van der Waals surface area contributed by atoms with E-state index in [1.54, 1.807) is 24.3 Å². The van der Waals surface area contributed by atoms with Crippen molar-refractivity contribution in [2.75, 3.05) is 6.54 Å². The van der Waals surface area contributed by atoms with Crippen LogP contribution in [0.25, 0.3) is 0 Å². The van der Waals surface area contributed by atoms with Crippen LogP contribution >= 0.6 is 0 Å². The summed E-state index contributed by atoms with van der Waals surface area (Å²) in [6.07, 6.45) is 1.68. The molecule has 0 bridgehead atoms. The summed E-state index contributed by atoms with van der Waals surface area (Å²) in [7, 11) is 0. The molecule has 94 valence electrons. The van der Waals surface area contributed by atoms with Crippen molar-refractivity contribution in [3.05, 3.63) is 35.4 Å². The molecule has 1 fully saturated rings. The van der Waals surface area contributed by atoms with Crippen molar-refractivity contribution in [3.63, 3.8) is 0 Å². The van der Waals surface area contributed by atoms with Gasteiger partial charge in [-0.3, -0.25) is 14.5 Å². The number of piperidine rings is 1. The van der Waals surface area contributed by atoms with Gasteiger partial charge < -0.3 is 5.32 Å². The number of nitrogens with zero attached hydrogens (tertiary/aromatic N) is 1. The first kappa shape index (κ1) is 11.4. The molecule has 2 atom stereocenters. The molecule has 0 aliphatic carbocycles. The zero-order valence-electron chi connectivity index (χ0n) is 10.3. The quantitative estimate of drug-likeness (QED) is 0.760. The molecule has 0 saturated carbocycles. The number of carbonyl (C=O) groups excluding carboxylic acids is 2. The summed E-state index contributed by atoms with van der Waals surface area (Å²) in [5.74, 6) is -0.260. The van der Waals surface area contributed by atoms with Gasteiger partial charge in [-0.25, -0.2) is 0 Å². The standard InChI is InChI=1S/C14H16N2O2/c1-9-8-10(6-7-15-9)16-13(17)11-4-2-3-5-12(11)14(16)18/h2-5,9-10,15H,6-8H2,1H3/t9-,10-/m0/s1. The Balaban J connectivity index is 1.92. The molecule has 1 aromatic rings. The van der Waals surface area contributed by atoms with E-state index in [4.69, 9.17) is 0 Å². The van der Waals surface area contributed by atoms with Crippen LogP contribution in [0.5, 0.6) is 0 Å². The number of hydrogen-bond acceptors (Lipinski definition) is 3. The maximum Gasteiger partial charge on any atom is 0.261 e. The third-order valence-corrected chi connectivity index (χ3v) is 3.79. The van der Waals surface area contributed by atoms with Crippen LogP contribution in [0.2, 0.25) is 0 Å². The fourth-order valence-electron chi connectivity index (χ4n) is 2.88. The maximum atomic E-state index is 12.3. The van der Waals surface area contributed by atoms with Crippen LogP contribution in [0.3, 0.4) is 0 Å². The van der Waals surface area contributed by atoms with E-state index in [1.165, 1.54) is 4.90 Å². The number of benzene rings is 1. The molecular weight excluding hydrogens is 228 g/mol. The van der Waals surface area contributed by atoms with Crippen LogP contribution in [0.4, 0.5) is 0 Å². The first-order chi connectivity index (χ1) is 8.68. The van der Waals surface area contributed by atoms with Crippen LogP contribution in [0.1, 0.15) is 40.5 Å². The van der Waals surface area contributed by atoms with E-state index >= 15 is 0 Å². The third-order valence-electron chi connectivity index (χ3n) is 3.79. The van der Waals surface area contributed by atoms with Gasteiger partial charge in [-0.05, 0) is 38.4 Å². The molecule has 2 heterocycles. The first-order valence-corrected chi connectivity index (χ1v) is 6.39. The van der Waals surface area contributed by atoms with Gasteiger partial charge in [0.05, 0.1) is 11.1 Å². The zero-order valence-corrected chi connectivity index (χ0v) is 10.3. The number of hydrogen-bond donors (Lipinski definition) is 1. The van der Waals surface area contributed by atoms with Gasteiger partial charge in [0.1, 0.15) is 0 Å². The minimum absolute atomic E-state index is 0.0358. The molecule has 4 heteroatoms. The molecule has 1 N–H and O–H groups in total. The van der Waals surface area contributed by atoms with Crippen molar-refractivity contribution in [2.24, 2.45) is 0 Å². The highest BCUT2D eigenvalue weighted by atomic mass is 16.2. The molecule has 3 rings (SSSR count). The van der Waals surface area contributed by atoms with E-state index in [0.29, 0.717) is 17.2 Å². The highest BCUT2D eigenvalue weighted by Crippen LogP contribution is 2.28. The minimum atomic E-state index is -0.130. The second-order valence-electron chi connectivity index (χ2n) is 5.06. The Bertz CT molecular complexity index is 477. The Kier molecular flexibility index (Phi) is 2.67. The summed E-state index contributed by atoms with van der Waals surface area (Å²) in [6.45, 7) is 2.95. The van der Waals surface area contributed by atoms with E-state index in [2.05, 4.69) is 12.2 Å². The van der Waals surface area contributed by atoms with E-state index < -0.39 is 0 Å². The third kappa shape index (κ3) is 1.64. The molecule has 0 unspecified atom stereocenters. The van der Waals surface area contributed by atoms with Crippen molar-refractivity contribution in [1.82, 2.24) is 10.2 Å². The Morgan fingerprint density at radius 2 is 1.78 bits per heavy atom. The number of nitrogens with one attached hydrogen (secondary N) is 1. The lowest BCUT2D eigenvalue weighted by Gasteiger charge is -2.33. The smallest absolute Gasteiger partial charge is 0.261 e. The molecule has 2 amide bonds. The summed E-state index contributed by atoms with van der Waals surface area (Å²) >= 11 is 0. The van der Waals surface area contributed by atoms with Crippen LogP contribution < -0.4 is 5.32 Å². The zero-order chi connectivity index (χ0) is 12.7. The first-order valence-electron chi connectivity index (χ1n) is 6.39. The van der Waals surface area contributed by atoms with E-state index in [0.717, 1.165) is 19.4 Å². The predicted molar refractivity (Wildman–Crippen MR) is 67.4 cm³/mol. The van der Waals surface area contributed by atoms with Gasteiger partial charge in [-0.2, -0.15) is 0 Å². The normalized spacial score (nSPS) is 27.5. The van der Waals surface area contributed by atoms with Crippen LogP contribution in [0.15, 0.2) is 24.3 Å². The van der Waals surface area contributed by atoms with Gasteiger partial charge in [-0.1, -0.05) is 12.1 Å². The van der Waals surface area contributed by atoms with Crippen molar-refractivity contribution in [2.45, 2.75) is 31.8 Å². The number of amides is 2. The van der Waals surface area contributed by atoms with E-state index in [-0.39, 0.29) is 17.9 Å². The summed E-state index contributed by atoms with van der Waals surface area (Å²) in [6, 6.07) is 7.47. The number of carbonyl (C=O) groups is 2. The molecule has 2 aliphatic rings. The van der Waals surface area contributed by atoms with Crippen molar-refractivity contribution in [3.8, 4) is 0 Å².